The summed E-state index contributed by atoms with van der Waals surface area (Å²) in [7, 11) is 0. The molecule has 0 aliphatic heterocycles. The van der Waals surface area contributed by atoms with Crippen LogP contribution in [0.2, 0.25) is 0 Å². The summed E-state index contributed by atoms with van der Waals surface area (Å²) in [6.45, 7) is 4.98. The number of rotatable bonds is 26. The van der Waals surface area contributed by atoms with Gasteiger partial charge < -0.3 is 76.7 Å². The van der Waals surface area contributed by atoms with Crippen molar-refractivity contribution in [3.63, 3.8) is 0 Å². The van der Waals surface area contributed by atoms with Crippen molar-refractivity contribution < 1.29 is 48.3 Å². The van der Waals surface area contributed by atoms with Crippen LogP contribution in [-0.2, 0) is 43.2 Å². The summed E-state index contributed by atoms with van der Waals surface area (Å²) < 4.78 is 0. The van der Waals surface area contributed by atoms with Crippen LogP contribution >= 0.6 is 0 Å². The molecule has 25 heteroatoms. The number of carboxylic acid groups (broad SMARTS) is 1. The monoisotopic (exact) mass is 799 g/mol. The molecule has 7 unspecified atom stereocenters. The molecule has 0 saturated carbocycles. The van der Waals surface area contributed by atoms with Crippen molar-refractivity contribution >= 4 is 65.1 Å². The highest BCUT2D eigenvalue weighted by molar-refractivity contribution is 5.97. The molecular weight excluding hydrogens is 742 g/mol. The molecule has 0 aromatic rings. The maximum absolute atomic E-state index is 13.1. The summed E-state index contributed by atoms with van der Waals surface area (Å²) in [6, 6.07) is -8.76. The van der Waals surface area contributed by atoms with Gasteiger partial charge in [0.05, 0.1) is 6.54 Å². The van der Waals surface area contributed by atoms with Gasteiger partial charge >= 0.3 is 5.97 Å². The predicted molar refractivity (Wildman–Crippen MR) is 201 cm³/mol. The third-order valence-electron chi connectivity index (χ3n) is 7.66. The van der Waals surface area contributed by atoms with Crippen LogP contribution in [0.1, 0.15) is 66.2 Å². The van der Waals surface area contributed by atoms with Crippen molar-refractivity contribution in [2.75, 3.05) is 19.6 Å². The molecule has 8 amide bonds. The van der Waals surface area contributed by atoms with Gasteiger partial charge in [0.15, 0.2) is 11.9 Å². The van der Waals surface area contributed by atoms with Crippen LogP contribution in [0.4, 0.5) is 0 Å². The zero-order chi connectivity index (χ0) is 43.1. The predicted octanol–water partition coefficient (Wildman–Crippen LogP) is -7.12. The minimum atomic E-state index is -1.34. The molecule has 316 valence electrons. The van der Waals surface area contributed by atoms with Crippen LogP contribution in [0.5, 0.6) is 0 Å². The highest BCUT2D eigenvalue weighted by atomic mass is 16.4. The number of aliphatic carboxylic acids is 1. The first-order chi connectivity index (χ1) is 26.1. The number of nitrogens with one attached hydrogen (secondary N) is 7. The molecule has 0 spiro atoms. The van der Waals surface area contributed by atoms with Crippen LogP contribution in [0.3, 0.4) is 0 Å². The van der Waals surface area contributed by atoms with Crippen molar-refractivity contribution in [1.29, 1.82) is 0 Å². The summed E-state index contributed by atoms with van der Waals surface area (Å²) in [4.78, 5) is 120. The van der Waals surface area contributed by atoms with Crippen molar-refractivity contribution in [2.24, 2.45) is 44.4 Å². The molecule has 0 bridgehead atoms. The summed E-state index contributed by atoms with van der Waals surface area (Å²) >= 11 is 0. The van der Waals surface area contributed by atoms with Gasteiger partial charge in [0.1, 0.15) is 42.3 Å². The third kappa shape index (κ3) is 20.8. The molecule has 7 atom stereocenters. The van der Waals surface area contributed by atoms with Crippen LogP contribution < -0.4 is 71.6 Å². The SMILES string of the molecule is CC(NC(=O)C(C)NC(=O)C(C)NC(=O)C(CCC(N)=O)NC(=O)CN)C(=O)NC(C)C(=O)NC(CCCN=C(N)N)C(=O)NC(CCCN=C(N)N)C(=O)O. The first kappa shape index (κ1) is 49.7. The fraction of sp³-hybridized carbons (Fsp3) is 0.645. The number of nitrogens with two attached hydrogens (primary N) is 6. The van der Waals surface area contributed by atoms with E-state index in [1.54, 1.807) is 0 Å². The molecule has 0 radical (unpaired) electrons. The van der Waals surface area contributed by atoms with Crippen molar-refractivity contribution in [3.05, 3.63) is 0 Å². The fourth-order valence-corrected chi connectivity index (χ4v) is 4.50. The van der Waals surface area contributed by atoms with E-state index in [1.165, 1.54) is 27.7 Å². The van der Waals surface area contributed by atoms with Gasteiger partial charge in [0.2, 0.25) is 47.3 Å². The minimum Gasteiger partial charge on any atom is -0.480 e. The average molecular weight is 800 g/mol. The topological polar surface area (TPSA) is 439 Å². The first-order valence-electron chi connectivity index (χ1n) is 17.5. The Labute approximate surface area is 323 Å². The Balaban J connectivity index is 5.39. The Bertz CT molecular complexity index is 1470. The molecule has 20 N–H and O–H groups in total. The maximum atomic E-state index is 13.1. The van der Waals surface area contributed by atoms with E-state index in [2.05, 4.69) is 47.2 Å². The normalized spacial score (nSPS) is 14.3. The zero-order valence-electron chi connectivity index (χ0n) is 31.9. The number of carbonyl (C=O) groups is 9. The molecule has 0 aromatic heterocycles. The number of carboxylic acids is 1. The Morgan fingerprint density at radius 2 is 0.839 bits per heavy atom. The second kappa shape index (κ2) is 25.7. The Hall–Kier alpha value is -6.27. The average Bonchev–Trinajstić information content (AvgIpc) is 3.11. The number of hydrogen-bond acceptors (Lipinski definition) is 12. The van der Waals surface area contributed by atoms with Gasteiger partial charge in [-0.1, -0.05) is 0 Å². The largest absolute Gasteiger partial charge is 0.480 e. The van der Waals surface area contributed by atoms with Crippen LogP contribution in [0.25, 0.3) is 0 Å². The van der Waals surface area contributed by atoms with Crippen LogP contribution in [-0.4, -0.2) is 132 Å². The summed E-state index contributed by atoms with van der Waals surface area (Å²) in [5.74, 6) is -8.03. The maximum Gasteiger partial charge on any atom is 0.326 e. The quantitative estimate of drug-likeness (QED) is 0.0220. The van der Waals surface area contributed by atoms with Gasteiger partial charge in [0.25, 0.3) is 0 Å². The number of carbonyl (C=O) groups excluding carboxylic acids is 8. The number of amides is 8. The fourth-order valence-electron chi connectivity index (χ4n) is 4.50. The summed E-state index contributed by atoms with van der Waals surface area (Å²) in [6.07, 6.45) is -0.0309. The second-order valence-electron chi connectivity index (χ2n) is 12.6. The standard InChI is InChI=1S/C31H57N15O10/c1-14(41-25(51)16(3)43-27(53)19(9-10-21(33)47)44-22(48)13-32)23(49)40-15(2)24(50)42-17(4)26(52)45-18(7-5-11-38-30(34)35)28(54)46-20(29(55)56)8-6-12-39-31(36)37/h14-20H,5-13,32H2,1-4H3,(H2,33,47)(H,40,49)(H,41,51)(H,42,50)(H,43,53)(H,44,48)(H,45,52)(H,46,54)(H,55,56)(H4,34,35,38)(H4,36,37,39). The van der Waals surface area contributed by atoms with Crippen LogP contribution in [0, 0.1) is 0 Å². The lowest BCUT2D eigenvalue weighted by Crippen LogP contribution is -2.58. The molecule has 25 nitrogen and oxygen atoms in total. The number of hydrogen-bond donors (Lipinski definition) is 14. The van der Waals surface area contributed by atoms with Crippen molar-refractivity contribution in [1.82, 2.24) is 37.2 Å². The molecule has 56 heavy (non-hydrogen) atoms. The first-order valence-corrected chi connectivity index (χ1v) is 17.5. The Morgan fingerprint density at radius 1 is 0.500 bits per heavy atom. The van der Waals surface area contributed by atoms with Gasteiger partial charge in [0, 0.05) is 19.5 Å². The van der Waals surface area contributed by atoms with Gasteiger partial charge in [-0.3, -0.25) is 48.3 Å². The van der Waals surface area contributed by atoms with Crippen molar-refractivity contribution in [2.45, 2.75) is 109 Å². The molecule has 0 rings (SSSR count). The van der Waals surface area contributed by atoms with Crippen LogP contribution in [0.15, 0.2) is 9.98 Å². The number of guanidine groups is 2. The molecule has 0 aliphatic rings. The smallest absolute Gasteiger partial charge is 0.326 e. The van der Waals surface area contributed by atoms with E-state index in [9.17, 15) is 48.3 Å². The third-order valence-corrected chi connectivity index (χ3v) is 7.66. The van der Waals surface area contributed by atoms with Gasteiger partial charge in [-0.05, 0) is 59.8 Å². The van der Waals surface area contributed by atoms with E-state index >= 15 is 0 Å². The van der Waals surface area contributed by atoms with E-state index in [0.29, 0.717) is 0 Å². The minimum absolute atomic E-state index is 0.0194. The number of aliphatic imine (C=N–C) groups is 2. The molecule has 0 heterocycles. The lowest BCUT2D eigenvalue weighted by atomic mass is 10.1. The van der Waals surface area contributed by atoms with E-state index in [4.69, 9.17) is 34.4 Å². The molecule has 0 saturated heterocycles. The highest BCUT2D eigenvalue weighted by Crippen LogP contribution is 2.05. The van der Waals surface area contributed by atoms with E-state index in [-0.39, 0.29) is 63.5 Å². The van der Waals surface area contributed by atoms with E-state index < -0.39 is 102 Å². The molecular formula is C31H57N15O10. The molecule has 0 aromatic carbocycles. The molecule has 0 aliphatic carbocycles. The second-order valence-corrected chi connectivity index (χ2v) is 12.6. The van der Waals surface area contributed by atoms with E-state index in [1.807, 2.05) is 0 Å². The van der Waals surface area contributed by atoms with E-state index in [0.717, 1.165) is 0 Å². The Morgan fingerprint density at radius 3 is 1.21 bits per heavy atom. The lowest BCUT2D eigenvalue weighted by Gasteiger charge is -2.24. The molecule has 0 fully saturated rings. The highest BCUT2D eigenvalue weighted by Gasteiger charge is 2.30. The lowest BCUT2D eigenvalue weighted by molar-refractivity contribution is -0.142. The number of nitrogens with zero attached hydrogens (tertiary/aromatic N) is 2. The Kier molecular flexibility index (Phi) is 22.8. The van der Waals surface area contributed by atoms with Gasteiger partial charge in [-0.25, -0.2) is 4.79 Å². The summed E-state index contributed by atoms with van der Waals surface area (Å²) in [5.41, 5.74) is 31.6. The zero-order valence-corrected chi connectivity index (χ0v) is 31.9. The summed E-state index contributed by atoms with van der Waals surface area (Å²) in [5, 5.41) is 26.3. The number of primary amides is 1. The van der Waals surface area contributed by atoms with Gasteiger partial charge in [-0.2, -0.15) is 0 Å². The van der Waals surface area contributed by atoms with Gasteiger partial charge in [-0.15, -0.1) is 0 Å². The van der Waals surface area contributed by atoms with Crippen molar-refractivity contribution in [3.8, 4) is 0 Å².